The molecule has 2 aromatic rings. The number of aromatic nitrogens is 4. The van der Waals surface area contributed by atoms with Crippen LogP contribution in [0.5, 0.6) is 0 Å². The van der Waals surface area contributed by atoms with E-state index in [4.69, 9.17) is 0 Å². The minimum atomic E-state index is -0.517. The summed E-state index contributed by atoms with van der Waals surface area (Å²) in [6.45, 7) is 0. The zero-order chi connectivity index (χ0) is 11.4. The molecule has 0 aliphatic carbocycles. The molecule has 6 nitrogen and oxygen atoms in total. The third kappa shape index (κ3) is 2.00. The minimum absolute atomic E-state index is 0.164. The summed E-state index contributed by atoms with van der Waals surface area (Å²) >= 11 is 0. The fourth-order valence-corrected chi connectivity index (χ4v) is 1.15. The molecule has 0 aliphatic rings. The molecular weight excluding hydrogens is 208 g/mol. The van der Waals surface area contributed by atoms with Crippen molar-refractivity contribution in [1.29, 1.82) is 0 Å². The molecule has 2 rings (SSSR count). The molecule has 0 saturated heterocycles. The van der Waals surface area contributed by atoms with Crippen molar-refractivity contribution in [3.63, 3.8) is 0 Å². The second-order valence-corrected chi connectivity index (χ2v) is 2.91. The molecule has 0 saturated carbocycles. The van der Waals surface area contributed by atoms with E-state index in [0.29, 0.717) is 5.69 Å². The fourth-order valence-electron chi connectivity index (χ4n) is 1.15. The monoisotopic (exact) mass is 216 g/mol. The molecular formula is C10H8N4O2. The number of nitrogens with zero attached hydrogens (tertiary/aromatic N) is 4. The molecule has 6 heteroatoms. The zero-order valence-corrected chi connectivity index (χ0v) is 8.49. The van der Waals surface area contributed by atoms with Gasteiger partial charge in [0.15, 0.2) is 5.69 Å². The van der Waals surface area contributed by atoms with E-state index in [1.165, 1.54) is 13.3 Å². The van der Waals surface area contributed by atoms with Crippen LogP contribution in [0.25, 0.3) is 11.3 Å². The van der Waals surface area contributed by atoms with E-state index in [1.807, 2.05) is 0 Å². The highest BCUT2D eigenvalue weighted by atomic mass is 16.5. The molecule has 2 aromatic heterocycles. The van der Waals surface area contributed by atoms with E-state index in [1.54, 1.807) is 24.7 Å². The number of methoxy groups -OCH3 is 1. The van der Waals surface area contributed by atoms with Crippen molar-refractivity contribution >= 4 is 5.97 Å². The lowest BCUT2D eigenvalue weighted by Gasteiger charge is -2.01. The summed E-state index contributed by atoms with van der Waals surface area (Å²) in [6, 6.07) is 1.73. The van der Waals surface area contributed by atoms with Crippen LogP contribution >= 0.6 is 0 Å². The van der Waals surface area contributed by atoms with Crippen LogP contribution < -0.4 is 0 Å². The third-order valence-corrected chi connectivity index (χ3v) is 1.91. The van der Waals surface area contributed by atoms with Gasteiger partial charge in [0.05, 0.1) is 37.6 Å². The summed E-state index contributed by atoms with van der Waals surface area (Å²) in [6.07, 6.45) is 5.99. The maximum Gasteiger partial charge on any atom is 0.358 e. The predicted molar refractivity (Wildman–Crippen MR) is 54.4 cm³/mol. The average molecular weight is 216 g/mol. The van der Waals surface area contributed by atoms with Crippen LogP contribution in [0.3, 0.4) is 0 Å². The van der Waals surface area contributed by atoms with Crippen LogP contribution in [0.4, 0.5) is 0 Å². The number of ether oxygens (including phenoxy) is 1. The highest BCUT2D eigenvalue weighted by Crippen LogP contribution is 2.13. The van der Waals surface area contributed by atoms with Gasteiger partial charge in [-0.25, -0.2) is 9.78 Å². The molecule has 0 aromatic carbocycles. The van der Waals surface area contributed by atoms with E-state index in [-0.39, 0.29) is 5.69 Å². The van der Waals surface area contributed by atoms with Gasteiger partial charge < -0.3 is 4.74 Å². The van der Waals surface area contributed by atoms with Crippen LogP contribution in [0, 0.1) is 0 Å². The summed E-state index contributed by atoms with van der Waals surface area (Å²) < 4.78 is 4.56. The highest BCUT2D eigenvalue weighted by Gasteiger charge is 2.09. The van der Waals surface area contributed by atoms with Crippen molar-refractivity contribution < 1.29 is 9.53 Å². The number of esters is 1. The standard InChI is InChI=1S/C10H8N4O2/c1-16-10(15)9-6-11-5-8(14-9)7-2-3-12-13-4-7/h2-6H,1H3. The molecule has 0 unspecified atom stereocenters. The number of carbonyl (C=O) groups excluding carboxylic acids is 1. The van der Waals surface area contributed by atoms with Gasteiger partial charge in [0.2, 0.25) is 0 Å². The SMILES string of the molecule is COC(=O)c1cncc(-c2ccnnc2)n1. The number of hydrogen-bond acceptors (Lipinski definition) is 6. The minimum Gasteiger partial charge on any atom is -0.464 e. The van der Waals surface area contributed by atoms with E-state index in [9.17, 15) is 4.79 Å². The Hall–Kier alpha value is -2.37. The number of hydrogen-bond donors (Lipinski definition) is 0. The van der Waals surface area contributed by atoms with E-state index in [2.05, 4.69) is 24.9 Å². The maximum absolute atomic E-state index is 11.2. The Bertz CT molecular complexity index is 501. The molecule has 2 heterocycles. The Labute approximate surface area is 91.3 Å². The molecule has 0 spiro atoms. The van der Waals surface area contributed by atoms with Crippen LogP contribution in [-0.2, 0) is 4.74 Å². The van der Waals surface area contributed by atoms with Gasteiger partial charge in [0, 0.05) is 5.56 Å². The van der Waals surface area contributed by atoms with Gasteiger partial charge in [-0.15, -0.1) is 0 Å². The number of rotatable bonds is 2. The maximum atomic E-state index is 11.2. The second kappa shape index (κ2) is 4.43. The predicted octanol–water partition coefficient (Wildman–Crippen LogP) is 0.720. The lowest BCUT2D eigenvalue weighted by atomic mass is 10.2. The second-order valence-electron chi connectivity index (χ2n) is 2.91. The zero-order valence-electron chi connectivity index (χ0n) is 8.49. The third-order valence-electron chi connectivity index (χ3n) is 1.91. The first-order valence-corrected chi connectivity index (χ1v) is 4.48. The van der Waals surface area contributed by atoms with Gasteiger partial charge >= 0.3 is 5.97 Å². The van der Waals surface area contributed by atoms with Gasteiger partial charge in [0.1, 0.15) is 0 Å². The van der Waals surface area contributed by atoms with Crippen LogP contribution in [-0.4, -0.2) is 33.2 Å². The molecule has 80 valence electrons. The average Bonchev–Trinajstić information content (AvgIpc) is 2.39. The molecule has 0 bridgehead atoms. The molecule has 0 aliphatic heterocycles. The van der Waals surface area contributed by atoms with Crippen molar-refractivity contribution in [2.24, 2.45) is 0 Å². The Morgan fingerprint density at radius 2 is 2.12 bits per heavy atom. The van der Waals surface area contributed by atoms with Crippen molar-refractivity contribution in [2.75, 3.05) is 7.11 Å². The Kier molecular flexibility index (Phi) is 2.81. The van der Waals surface area contributed by atoms with Crippen molar-refractivity contribution in [1.82, 2.24) is 20.2 Å². The van der Waals surface area contributed by atoms with Gasteiger partial charge in [-0.1, -0.05) is 0 Å². The quantitative estimate of drug-likeness (QED) is 0.688. The fraction of sp³-hybridized carbons (Fsp3) is 0.100. The lowest BCUT2D eigenvalue weighted by Crippen LogP contribution is -2.05. The van der Waals surface area contributed by atoms with Gasteiger partial charge in [-0.3, -0.25) is 4.98 Å². The van der Waals surface area contributed by atoms with Gasteiger partial charge in [-0.2, -0.15) is 10.2 Å². The molecule has 0 fully saturated rings. The Balaban J connectivity index is 2.40. The van der Waals surface area contributed by atoms with E-state index < -0.39 is 5.97 Å². The summed E-state index contributed by atoms with van der Waals surface area (Å²) in [5, 5.41) is 7.38. The van der Waals surface area contributed by atoms with Crippen LogP contribution in [0.2, 0.25) is 0 Å². The summed E-state index contributed by atoms with van der Waals surface area (Å²) in [7, 11) is 1.30. The molecule has 0 N–H and O–H groups in total. The van der Waals surface area contributed by atoms with Crippen molar-refractivity contribution in [3.8, 4) is 11.3 Å². The first kappa shape index (κ1) is 10.2. The van der Waals surface area contributed by atoms with Crippen molar-refractivity contribution in [2.45, 2.75) is 0 Å². The largest absolute Gasteiger partial charge is 0.464 e. The van der Waals surface area contributed by atoms with Crippen molar-refractivity contribution in [3.05, 3.63) is 36.5 Å². The molecule has 0 radical (unpaired) electrons. The molecule has 16 heavy (non-hydrogen) atoms. The lowest BCUT2D eigenvalue weighted by molar-refractivity contribution is 0.0593. The van der Waals surface area contributed by atoms with Gasteiger partial charge in [-0.05, 0) is 6.07 Å². The Morgan fingerprint density at radius 3 is 2.81 bits per heavy atom. The Morgan fingerprint density at radius 1 is 1.25 bits per heavy atom. The van der Waals surface area contributed by atoms with Gasteiger partial charge in [0.25, 0.3) is 0 Å². The van der Waals surface area contributed by atoms with E-state index >= 15 is 0 Å². The highest BCUT2D eigenvalue weighted by molar-refractivity contribution is 5.87. The topological polar surface area (TPSA) is 77.9 Å². The summed E-state index contributed by atoms with van der Waals surface area (Å²) in [5.74, 6) is -0.517. The van der Waals surface area contributed by atoms with E-state index in [0.717, 1.165) is 5.56 Å². The first-order valence-electron chi connectivity index (χ1n) is 4.48. The molecule has 0 atom stereocenters. The normalized spacial score (nSPS) is 9.81. The summed E-state index contributed by atoms with van der Waals surface area (Å²) in [5.41, 5.74) is 1.46. The number of carbonyl (C=O) groups is 1. The molecule has 0 amide bonds. The first-order chi connectivity index (χ1) is 7.81. The van der Waals surface area contributed by atoms with Crippen LogP contribution in [0.15, 0.2) is 30.9 Å². The smallest absolute Gasteiger partial charge is 0.358 e. The summed E-state index contributed by atoms with van der Waals surface area (Å²) in [4.78, 5) is 19.3. The van der Waals surface area contributed by atoms with Crippen LogP contribution in [0.1, 0.15) is 10.5 Å².